The molecule has 0 spiro atoms. The smallest absolute Gasteiger partial charge is 0.263 e. The third-order valence-electron chi connectivity index (χ3n) is 3.40. The lowest BCUT2D eigenvalue weighted by atomic mass is 10.2. The number of hydrogen-bond acceptors (Lipinski definition) is 4. The maximum Gasteiger partial charge on any atom is 0.263 e. The van der Waals surface area contributed by atoms with Crippen LogP contribution in [0, 0.1) is 12.7 Å². The summed E-state index contributed by atoms with van der Waals surface area (Å²) < 4.78 is 19.2. The molecule has 0 unspecified atom stereocenters. The van der Waals surface area contributed by atoms with Gasteiger partial charge in [0.25, 0.3) is 11.5 Å². The van der Waals surface area contributed by atoms with E-state index in [1.54, 1.807) is 37.4 Å². The van der Waals surface area contributed by atoms with Crippen molar-refractivity contribution >= 4 is 11.7 Å². The molecule has 0 saturated heterocycles. The molecule has 0 saturated carbocycles. The molecular weight excluding hydrogens is 313 g/mol. The Morgan fingerprint density at radius 3 is 2.71 bits per heavy atom. The largest absolute Gasteiger partial charge is 0.360 e. The summed E-state index contributed by atoms with van der Waals surface area (Å²) in [5.74, 6) is -0.123. The molecule has 122 valence electrons. The Bertz CT molecular complexity index is 929. The Hall–Kier alpha value is -3.22. The van der Waals surface area contributed by atoms with Gasteiger partial charge in [-0.15, -0.1) is 0 Å². The molecule has 1 N–H and O–H groups in total. The van der Waals surface area contributed by atoms with E-state index >= 15 is 0 Å². The van der Waals surface area contributed by atoms with Crippen LogP contribution in [-0.2, 0) is 6.54 Å². The monoisotopic (exact) mass is 327 g/mol. The molecule has 0 radical (unpaired) electrons. The minimum atomic E-state index is -0.568. The highest BCUT2D eigenvalue weighted by molar-refractivity contribution is 6.03. The molecule has 2 heterocycles. The SMILES string of the molecule is Cc1cc(NC(=O)c2cccn(Cc3ccc(F)cc3)c2=O)no1. The molecule has 0 fully saturated rings. The quantitative estimate of drug-likeness (QED) is 0.799. The van der Waals surface area contributed by atoms with Crippen molar-refractivity contribution in [1.82, 2.24) is 9.72 Å². The summed E-state index contributed by atoms with van der Waals surface area (Å²) in [6.07, 6.45) is 1.57. The molecule has 1 amide bonds. The molecule has 6 nitrogen and oxygen atoms in total. The highest BCUT2D eigenvalue weighted by atomic mass is 19.1. The summed E-state index contributed by atoms with van der Waals surface area (Å²) in [7, 11) is 0. The number of aromatic nitrogens is 2. The predicted octanol–water partition coefficient (Wildman–Crippen LogP) is 2.58. The molecule has 1 aromatic carbocycles. The zero-order valence-electron chi connectivity index (χ0n) is 12.8. The van der Waals surface area contributed by atoms with Gasteiger partial charge in [-0.3, -0.25) is 9.59 Å². The standard InChI is InChI=1S/C17H14FN3O3/c1-11-9-15(20-24-11)19-16(22)14-3-2-8-21(17(14)23)10-12-4-6-13(18)7-5-12/h2-9H,10H2,1H3,(H,19,20,22). The first-order valence-corrected chi connectivity index (χ1v) is 7.21. The molecule has 7 heteroatoms. The van der Waals surface area contributed by atoms with Crippen LogP contribution >= 0.6 is 0 Å². The Labute approximate surface area is 136 Å². The van der Waals surface area contributed by atoms with Crippen LogP contribution in [0.5, 0.6) is 0 Å². The minimum absolute atomic E-state index is 0.0136. The molecule has 0 aliphatic heterocycles. The fourth-order valence-corrected chi connectivity index (χ4v) is 2.23. The van der Waals surface area contributed by atoms with E-state index in [9.17, 15) is 14.0 Å². The van der Waals surface area contributed by atoms with E-state index < -0.39 is 11.5 Å². The van der Waals surface area contributed by atoms with E-state index in [0.29, 0.717) is 5.76 Å². The van der Waals surface area contributed by atoms with Crippen LogP contribution in [0.3, 0.4) is 0 Å². The van der Waals surface area contributed by atoms with Gasteiger partial charge in [0.2, 0.25) is 0 Å². The molecule has 3 rings (SSSR count). The lowest BCUT2D eigenvalue weighted by molar-refractivity contribution is 0.102. The molecule has 0 aliphatic carbocycles. The fraction of sp³-hybridized carbons (Fsp3) is 0.118. The second kappa shape index (κ2) is 6.49. The molecule has 0 bridgehead atoms. The third-order valence-corrected chi connectivity index (χ3v) is 3.40. The van der Waals surface area contributed by atoms with Crippen molar-refractivity contribution in [2.75, 3.05) is 5.32 Å². The second-order valence-corrected chi connectivity index (χ2v) is 5.26. The number of amides is 1. The van der Waals surface area contributed by atoms with Crippen molar-refractivity contribution in [2.24, 2.45) is 0 Å². The van der Waals surface area contributed by atoms with E-state index in [2.05, 4.69) is 10.5 Å². The van der Waals surface area contributed by atoms with Gasteiger partial charge in [0, 0.05) is 12.3 Å². The number of carbonyl (C=O) groups excluding carboxylic acids is 1. The van der Waals surface area contributed by atoms with Crippen molar-refractivity contribution < 1.29 is 13.7 Å². The van der Waals surface area contributed by atoms with E-state index in [1.807, 2.05) is 0 Å². The van der Waals surface area contributed by atoms with Crippen LogP contribution in [0.1, 0.15) is 21.7 Å². The molecule has 0 aliphatic rings. The number of hydrogen-bond donors (Lipinski definition) is 1. The zero-order valence-corrected chi connectivity index (χ0v) is 12.8. The number of carbonyl (C=O) groups is 1. The lowest BCUT2D eigenvalue weighted by Gasteiger charge is -2.08. The highest BCUT2D eigenvalue weighted by Crippen LogP contribution is 2.09. The van der Waals surface area contributed by atoms with Gasteiger partial charge in [-0.05, 0) is 36.8 Å². The second-order valence-electron chi connectivity index (χ2n) is 5.26. The Morgan fingerprint density at radius 2 is 2.04 bits per heavy atom. The summed E-state index contributed by atoms with van der Waals surface area (Å²) >= 11 is 0. The zero-order chi connectivity index (χ0) is 17.1. The molecule has 2 aromatic heterocycles. The van der Waals surface area contributed by atoms with E-state index in [4.69, 9.17) is 4.52 Å². The Morgan fingerprint density at radius 1 is 1.29 bits per heavy atom. The maximum absolute atomic E-state index is 12.9. The average molecular weight is 327 g/mol. The lowest BCUT2D eigenvalue weighted by Crippen LogP contribution is -2.29. The number of nitrogens with one attached hydrogen (secondary N) is 1. The van der Waals surface area contributed by atoms with Gasteiger partial charge in [0.15, 0.2) is 5.82 Å². The third kappa shape index (κ3) is 3.40. The Balaban J connectivity index is 1.83. The van der Waals surface area contributed by atoms with Crippen molar-refractivity contribution in [3.63, 3.8) is 0 Å². The van der Waals surface area contributed by atoms with Gasteiger partial charge >= 0.3 is 0 Å². The van der Waals surface area contributed by atoms with E-state index in [-0.39, 0.29) is 23.7 Å². The average Bonchev–Trinajstić information content (AvgIpc) is 2.96. The number of nitrogens with zero attached hydrogens (tertiary/aromatic N) is 2. The van der Waals surface area contributed by atoms with Gasteiger partial charge in [-0.25, -0.2) is 4.39 Å². The first-order valence-electron chi connectivity index (χ1n) is 7.21. The van der Waals surface area contributed by atoms with Crippen LogP contribution in [0.2, 0.25) is 0 Å². The number of halogens is 1. The number of rotatable bonds is 4. The first kappa shape index (κ1) is 15.7. The Kier molecular flexibility index (Phi) is 4.24. The van der Waals surface area contributed by atoms with E-state index in [0.717, 1.165) is 5.56 Å². The van der Waals surface area contributed by atoms with E-state index in [1.165, 1.54) is 22.8 Å². The molecule has 0 atom stereocenters. The maximum atomic E-state index is 12.9. The molecule has 24 heavy (non-hydrogen) atoms. The predicted molar refractivity (Wildman–Crippen MR) is 85.4 cm³/mol. The van der Waals surface area contributed by atoms with Crippen molar-refractivity contribution in [3.05, 3.63) is 81.7 Å². The summed E-state index contributed by atoms with van der Waals surface area (Å²) in [5.41, 5.74) is 0.294. The van der Waals surface area contributed by atoms with Gasteiger partial charge in [-0.2, -0.15) is 0 Å². The van der Waals surface area contributed by atoms with Gasteiger partial charge in [0.1, 0.15) is 17.1 Å². The summed E-state index contributed by atoms with van der Waals surface area (Å²) in [5, 5.41) is 6.17. The normalized spacial score (nSPS) is 10.6. The van der Waals surface area contributed by atoms with Gasteiger partial charge in [-0.1, -0.05) is 17.3 Å². The van der Waals surface area contributed by atoms with Crippen LogP contribution in [-0.4, -0.2) is 15.6 Å². The van der Waals surface area contributed by atoms with Crippen LogP contribution < -0.4 is 10.9 Å². The van der Waals surface area contributed by atoms with Crippen molar-refractivity contribution in [1.29, 1.82) is 0 Å². The highest BCUT2D eigenvalue weighted by Gasteiger charge is 2.14. The van der Waals surface area contributed by atoms with Gasteiger partial charge in [0.05, 0.1) is 6.54 Å². The van der Waals surface area contributed by atoms with Crippen LogP contribution in [0.25, 0.3) is 0 Å². The number of pyridine rings is 1. The van der Waals surface area contributed by atoms with Gasteiger partial charge < -0.3 is 14.4 Å². The first-order chi connectivity index (χ1) is 11.5. The molecule has 3 aromatic rings. The number of aryl methyl sites for hydroxylation is 1. The minimum Gasteiger partial charge on any atom is -0.360 e. The van der Waals surface area contributed by atoms with Crippen LogP contribution in [0.4, 0.5) is 10.2 Å². The number of benzene rings is 1. The topological polar surface area (TPSA) is 77.1 Å². The summed E-state index contributed by atoms with van der Waals surface area (Å²) in [6, 6.07) is 10.4. The number of anilines is 1. The van der Waals surface area contributed by atoms with Crippen molar-refractivity contribution in [3.8, 4) is 0 Å². The van der Waals surface area contributed by atoms with Crippen molar-refractivity contribution in [2.45, 2.75) is 13.5 Å². The van der Waals surface area contributed by atoms with Crippen LogP contribution in [0.15, 0.2) is 58.0 Å². The molecular formula is C17H14FN3O3. The summed E-state index contributed by atoms with van der Waals surface area (Å²) in [4.78, 5) is 24.7. The summed E-state index contributed by atoms with van der Waals surface area (Å²) in [6.45, 7) is 1.93. The fourth-order valence-electron chi connectivity index (χ4n) is 2.23.